The molecule has 124 valence electrons. The SMILES string of the molecule is O=C(Cc1csc(-c2ccccc2)n1)OCc1nc2ccccc2s1. The average Bonchev–Trinajstić information content (AvgIpc) is 3.27. The van der Waals surface area contributed by atoms with E-state index in [1.807, 2.05) is 60.0 Å². The molecule has 0 unspecified atom stereocenters. The van der Waals surface area contributed by atoms with E-state index in [2.05, 4.69) is 9.97 Å². The van der Waals surface area contributed by atoms with Crippen molar-refractivity contribution in [1.29, 1.82) is 0 Å². The lowest BCUT2D eigenvalue weighted by Gasteiger charge is -2.00. The summed E-state index contributed by atoms with van der Waals surface area (Å²) in [7, 11) is 0. The molecule has 0 amide bonds. The molecule has 0 saturated heterocycles. The molecule has 0 aliphatic rings. The molecule has 6 heteroatoms. The summed E-state index contributed by atoms with van der Waals surface area (Å²) in [5, 5.41) is 3.62. The number of carbonyl (C=O) groups excluding carboxylic acids is 1. The molecule has 0 bridgehead atoms. The van der Waals surface area contributed by atoms with E-state index in [1.54, 1.807) is 11.3 Å². The van der Waals surface area contributed by atoms with Crippen LogP contribution in [-0.4, -0.2) is 15.9 Å². The predicted molar refractivity (Wildman–Crippen MR) is 101 cm³/mol. The van der Waals surface area contributed by atoms with E-state index in [-0.39, 0.29) is 19.0 Å². The van der Waals surface area contributed by atoms with E-state index in [0.29, 0.717) is 0 Å². The van der Waals surface area contributed by atoms with Crippen molar-refractivity contribution in [2.75, 3.05) is 0 Å². The van der Waals surface area contributed by atoms with Gasteiger partial charge in [-0.25, -0.2) is 9.97 Å². The van der Waals surface area contributed by atoms with Gasteiger partial charge in [-0.2, -0.15) is 0 Å². The first-order valence-electron chi connectivity index (χ1n) is 7.78. The molecule has 0 radical (unpaired) electrons. The Hall–Kier alpha value is -2.57. The number of benzene rings is 2. The molecule has 2 aromatic carbocycles. The highest BCUT2D eigenvalue weighted by Crippen LogP contribution is 2.24. The minimum atomic E-state index is -0.288. The topological polar surface area (TPSA) is 52.1 Å². The molecule has 25 heavy (non-hydrogen) atoms. The summed E-state index contributed by atoms with van der Waals surface area (Å²) in [6.45, 7) is 0.202. The van der Waals surface area contributed by atoms with Crippen LogP contribution in [0.1, 0.15) is 10.7 Å². The second-order valence-electron chi connectivity index (χ2n) is 5.42. The van der Waals surface area contributed by atoms with Gasteiger partial charge >= 0.3 is 5.97 Å². The van der Waals surface area contributed by atoms with Gasteiger partial charge in [0.1, 0.15) is 16.6 Å². The van der Waals surface area contributed by atoms with Crippen LogP contribution in [0.3, 0.4) is 0 Å². The number of thiazole rings is 2. The Morgan fingerprint density at radius 1 is 1.00 bits per heavy atom. The minimum Gasteiger partial charge on any atom is -0.458 e. The van der Waals surface area contributed by atoms with Crippen molar-refractivity contribution < 1.29 is 9.53 Å². The number of hydrogen-bond donors (Lipinski definition) is 0. The first-order chi connectivity index (χ1) is 12.3. The Morgan fingerprint density at radius 3 is 2.64 bits per heavy atom. The summed E-state index contributed by atoms with van der Waals surface area (Å²) in [5.74, 6) is -0.288. The zero-order valence-electron chi connectivity index (χ0n) is 13.2. The molecule has 2 heterocycles. The molecule has 0 N–H and O–H groups in total. The highest BCUT2D eigenvalue weighted by Gasteiger charge is 2.11. The highest BCUT2D eigenvalue weighted by molar-refractivity contribution is 7.18. The zero-order chi connectivity index (χ0) is 17.1. The summed E-state index contributed by atoms with van der Waals surface area (Å²) in [6.07, 6.45) is 0.175. The van der Waals surface area contributed by atoms with Gasteiger partial charge < -0.3 is 4.74 Å². The quantitative estimate of drug-likeness (QED) is 0.480. The van der Waals surface area contributed by atoms with Crippen molar-refractivity contribution in [3.63, 3.8) is 0 Å². The van der Waals surface area contributed by atoms with Gasteiger partial charge in [0.2, 0.25) is 0 Å². The van der Waals surface area contributed by atoms with Crippen LogP contribution in [0.5, 0.6) is 0 Å². The molecule has 0 fully saturated rings. The third-order valence-electron chi connectivity index (χ3n) is 3.59. The van der Waals surface area contributed by atoms with Gasteiger partial charge in [0.15, 0.2) is 0 Å². The Kier molecular flexibility index (Phi) is 4.54. The molecular weight excluding hydrogens is 352 g/mol. The lowest BCUT2D eigenvalue weighted by Crippen LogP contribution is -2.08. The number of carbonyl (C=O) groups is 1. The van der Waals surface area contributed by atoms with Crippen LogP contribution in [0.25, 0.3) is 20.8 Å². The third kappa shape index (κ3) is 3.75. The van der Waals surface area contributed by atoms with Crippen LogP contribution in [0.2, 0.25) is 0 Å². The lowest BCUT2D eigenvalue weighted by molar-refractivity contribution is -0.144. The molecule has 4 aromatic rings. The summed E-state index contributed by atoms with van der Waals surface area (Å²) in [6, 6.07) is 17.8. The van der Waals surface area contributed by atoms with Crippen LogP contribution in [0, 0.1) is 0 Å². The van der Waals surface area contributed by atoms with Crippen molar-refractivity contribution in [2.45, 2.75) is 13.0 Å². The number of nitrogens with zero attached hydrogens (tertiary/aromatic N) is 2. The summed E-state index contributed by atoms with van der Waals surface area (Å²) in [5.41, 5.74) is 2.73. The lowest BCUT2D eigenvalue weighted by atomic mass is 10.2. The summed E-state index contributed by atoms with van der Waals surface area (Å²) >= 11 is 3.08. The third-order valence-corrected chi connectivity index (χ3v) is 5.54. The molecule has 2 aromatic heterocycles. The standard InChI is InChI=1S/C19H14N2O2S2/c22-18(23-11-17-21-15-8-4-5-9-16(15)25-17)10-14-12-24-19(20-14)13-6-2-1-3-7-13/h1-9,12H,10-11H2. The maximum absolute atomic E-state index is 12.1. The van der Waals surface area contributed by atoms with Crippen LogP contribution in [0.15, 0.2) is 60.0 Å². The van der Waals surface area contributed by atoms with E-state index in [4.69, 9.17) is 4.74 Å². The minimum absolute atomic E-state index is 0.175. The van der Waals surface area contributed by atoms with E-state index in [9.17, 15) is 4.79 Å². The molecule has 0 atom stereocenters. The highest BCUT2D eigenvalue weighted by atomic mass is 32.1. The molecule has 0 aliphatic carbocycles. The largest absolute Gasteiger partial charge is 0.458 e. The van der Waals surface area contributed by atoms with Gasteiger partial charge in [0, 0.05) is 10.9 Å². The number of aromatic nitrogens is 2. The molecular formula is C19H14N2O2S2. The number of hydrogen-bond acceptors (Lipinski definition) is 6. The van der Waals surface area contributed by atoms with Gasteiger partial charge in [-0.1, -0.05) is 42.5 Å². The number of fused-ring (bicyclic) bond motifs is 1. The predicted octanol–water partition coefficient (Wildman–Crippen LogP) is 4.71. The van der Waals surface area contributed by atoms with E-state index < -0.39 is 0 Å². The first-order valence-corrected chi connectivity index (χ1v) is 9.47. The molecule has 0 spiro atoms. The van der Waals surface area contributed by atoms with Crippen LogP contribution in [-0.2, 0) is 22.6 Å². The number of rotatable bonds is 5. The first kappa shape index (κ1) is 15.9. The average molecular weight is 366 g/mol. The molecule has 0 saturated carbocycles. The van der Waals surface area contributed by atoms with Crippen molar-refractivity contribution in [1.82, 2.24) is 9.97 Å². The second kappa shape index (κ2) is 7.13. The van der Waals surface area contributed by atoms with Gasteiger partial charge in [0.05, 0.1) is 22.3 Å². The number of ether oxygens (including phenoxy) is 1. The summed E-state index contributed by atoms with van der Waals surface area (Å²) < 4.78 is 6.45. The van der Waals surface area contributed by atoms with Crippen molar-refractivity contribution in [3.8, 4) is 10.6 Å². The van der Waals surface area contributed by atoms with Crippen LogP contribution < -0.4 is 0 Å². The van der Waals surface area contributed by atoms with E-state index in [1.165, 1.54) is 11.3 Å². The van der Waals surface area contributed by atoms with Gasteiger partial charge in [-0.15, -0.1) is 22.7 Å². The van der Waals surface area contributed by atoms with Gasteiger partial charge in [-0.05, 0) is 12.1 Å². The fraction of sp³-hybridized carbons (Fsp3) is 0.105. The van der Waals surface area contributed by atoms with Crippen LogP contribution >= 0.6 is 22.7 Å². The fourth-order valence-corrected chi connectivity index (χ4v) is 4.13. The Balaban J connectivity index is 1.37. The van der Waals surface area contributed by atoms with Gasteiger partial charge in [-0.3, -0.25) is 4.79 Å². The Labute approximate surface area is 152 Å². The fourth-order valence-electron chi connectivity index (χ4n) is 2.42. The Bertz CT molecular complexity index is 975. The van der Waals surface area contributed by atoms with Gasteiger partial charge in [0.25, 0.3) is 0 Å². The molecule has 4 nitrogen and oxygen atoms in total. The van der Waals surface area contributed by atoms with Crippen molar-refractivity contribution in [3.05, 3.63) is 70.7 Å². The monoisotopic (exact) mass is 366 g/mol. The number of esters is 1. The zero-order valence-corrected chi connectivity index (χ0v) is 14.8. The van der Waals surface area contributed by atoms with Crippen molar-refractivity contribution >= 4 is 38.9 Å². The van der Waals surface area contributed by atoms with Crippen LogP contribution in [0.4, 0.5) is 0 Å². The maximum atomic E-state index is 12.1. The molecule has 0 aliphatic heterocycles. The summed E-state index contributed by atoms with van der Waals surface area (Å²) in [4.78, 5) is 21.0. The smallest absolute Gasteiger partial charge is 0.312 e. The van der Waals surface area contributed by atoms with E-state index in [0.717, 1.165) is 31.5 Å². The Morgan fingerprint density at radius 2 is 1.80 bits per heavy atom. The second-order valence-corrected chi connectivity index (χ2v) is 7.40. The molecule has 4 rings (SSSR count). The number of para-hydroxylation sites is 1. The van der Waals surface area contributed by atoms with Crippen molar-refractivity contribution in [2.24, 2.45) is 0 Å². The van der Waals surface area contributed by atoms with E-state index >= 15 is 0 Å². The normalized spacial score (nSPS) is 10.9. The maximum Gasteiger partial charge on any atom is 0.312 e.